The Bertz CT molecular complexity index is 1150. The monoisotopic (exact) mass is 431 g/mol. The summed E-state index contributed by atoms with van der Waals surface area (Å²) in [5.41, 5.74) is 8.65. The van der Waals surface area contributed by atoms with Crippen LogP contribution < -0.4 is 15.0 Å². The van der Waals surface area contributed by atoms with Gasteiger partial charge in [-0.1, -0.05) is 42.5 Å². The number of pyridine rings is 1. The third-order valence-corrected chi connectivity index (χ3v) is 5.69. The first-order valence-corrected chi connectivity index (χ1v) is 10.4. The van der Waals surface area contributed by atoms with Crippen molar-refractivity contribution in [3.8, 4) is 5.75 Å². The van der Waals surface area contributed by atoms with Gasteiger partial charge >= 0.3 is 13.1 Å². The van der Waals surface area contributed by atoms with E-state index in [1.165, 1.54) is 6.07 Å². The Labute approximate surface area is 186 Å². The van der Waals surface area contributed by atoms with Crippen LogP contribution in [0.1, 0.15) is 33.5 Å². The van der Waals surface area contributed by atoms with E-state index in [9.17, 15) is 19.7 Å². The molecule has 162 valence electrons. The maximum absolute atomic E-state index is 12.7. The number of Topliss-reactive ketones (excluding diaryl/α,β-unsaturated/α-hetero) is 1. The average Bonchev–Trinajstić information content (AvgIpc) is 2.76. The van der Waals surface area contributed by atoms with Crippen LogP contribution in [0.5, 0.6) is 5.75 Å². The number of carboxylic acid groups (broad SMARTS) is 1. The van der Waals surface area contributed by atoms with Crippen molar-refractivity contribution in [2.45, 2.75) is 31.6 Å². The molecule has 32 heavy (non-hydrogen) atoms. The van der Waals surface area contributed by atoms with Gasteiger partial charge in [0.25, 0.3) is 5.82 Å². The van der Waals surface area contributed by atoms with Crippen LogP contribution in [0, 0.1) is 0 Å². The lowest BCUT2D eigenvalue weighted by Gasteiger charge is -2.28. The SMILES string of the molecule is Nc1cccc[n+]1Cc1ccc(CC(=O)C[C@H]2Cc3cccc(C(=O)O)c3OB2O)cc1. The summed E-state index contributed by atoms with van der Waals surface area (Å²) in [7, 11) is -1.22. The van der Waals surface area contributed by atoms with Gasteiger partial charge in [0.1, 0.15) is 18.1 Å². The van der Waals surface area contributed by atoms with Gasteiger partial charge < -0.3 is 14.8 Å². The summed E-state index contributed by atoms with van der Waals surface area (Å²) in [5, 5.41) is 19.7. The number of hydrogen-bond donors (Lipinski definition) is 3. The van der Waals surface area contributed by atoms with E-state index in [1.54, 1.807) is 12.1 Å². The Morgan fingerprint density at radius 2 is 1.81 bits per heavy atom. The van der Waals surface area contributed by atoms with Crippen LogP contribution in [0.2, 0.25) is 5.82 Å². The number of ketones is 1. The van der Waals surface area contributed by atoms with Gasteiger partial charge in [0.2, 0.25) is 0 Å². The second-order valence-corrected chi connectivity index (χ2v) is 8.06. The van der Waals surface area contributed by atoms with E-state index < -0.39 is 18.9 Å². The quantitative estimate of drug-likeness (QED) is 0.391. The summed E-state index contributed by atoms with van der Waals surface area (Å²) in [5.74, 6) is -0.679. The number of aromatic nitrogens is 1. The molecular weight excluding hydrogens is 407 g/mol. The van der Waals surface area contributed by atoms with Crippen molar-refractivity contribution in [3.63, 3.8) is 0 Å². The second kappa shape index (κ2) is 9.24. The highest BCUT2D eigenvalue weighted by Crippen LogP contribution is 2.36. The van der Waals surface area contributed by atoms with Gasteiger partial charge in [-0.05, 0) is 35.2 Å². The van der Waals surface area contributed by atoms with E-state index in [-0.39, 0.29) is 29.9 Å². The molecule has 1 aromatic heterocycles. The van der Waals surface area contributed by atoms with Crippen molar-refractivity contribution >= 4 is 24.7 Å². The molecule has 0 aliphatic carbocycles. The lowest BCUT2D eigenvalue weighted by atomic mass is 9.64. The minimum atomic E-state index is -1.22. The first-order chi connectivity index (χ1) is 15.4. The zero-order valence-corrected chi connectivity index (χ0v) is 17.5. The van der Waals surface area contributed by atoms with Gasteiger partial charge in [-0.15, -0.1) is 0 Å². The van der Waals surface area contributed by atoms with Crippen molar-refractivity contribution in [2.24, 2.45) is 0 Å². The number of anilines is 1. The summed E-state index contributed by atoms with van der Waals surface area (Å²) >= 11 is 0. The van der Waals surface area contributed by atoms with Gasteiger partial charge in [0.15, 0.2) is 0 Å². The first kappa shape index (κ1) is 21.6. The van der Waals surface area contributed by atoms with Gasteiger partial charge in [0.05, 0.1) is 11.8 Å². The summed E-state index contributed by atoms with van der Waals surface area (Å²) < 4.78 is 7.42. The molecule has 0 saturated heterocycles. The lowest BCUT2D eigenvalue weighted by molar-refractivity contribution is -0.674. The Balaban J connectivity index is 1.37. The molecule has 0 amide bonds. The number of hydrogen-bond acceptors (Lipinski definition) is 5. The molecule has 8 heteroatoms. The van der Waals surface area contributed by atoms with Gasteiger partial charge in [-0.3, -0.25) is 10.5 Å². The van der Waals surface area contributed by atoms with Crippen LogP contribution in [0.4, 0.5) is 5.82 Å². The van der Waals surface area contributed by atoms with Crippen molar-refractivity contribution in [2.75, 3.05) is 5.73 Å². The number of para-hydroxylation sites is 1. The van der Waals surface area contributed by atoms with Crippen molar-refractivity contribution in [1.29, 1.82) is 0 Å². The Hall–Kier alpha value is -3.65. The number of nitrogen functional groups attached to an aromatic ring is 1. The van der Waals surface area contributed by atoms with E-state index in [4.69, 9.17) is 10.4 Å². The van der Waals surface area contributed by atoms with Gasteiger partial charge in [-0.25, -0.2) is 9.36 Å². The predicted molar refractivity (Wildman–Crippen MR) is 119 cm³/mol. The van der Waals surface area contributed by atoms with Gasteiger partial charge in [-0.2, -0.15) is 0 Å². The fourth-order valence-corrected chi connectivity index (χ4v) is 4.01. The zero-order chi connectivity index (χ0) is 22.7. The molecule has 4 rings (SSSR count). The molecular formula is C24H24BN2O5+. The number of benzene rings is 2. The van der Waals surface area contributed by atoms with Crippen molar-refractivity contribution in [1.82, 2.24) is 0 Å². The molecule has 1 atom stereocenters. The van der Waals surface area contributed by atoms with E-state index in [0.717, 1.165) is 11.1 Å². The number of carboxylic acids is 1. The summed E-state index contributed by atoms with van der Waals surface area (Å²) in [6.07, 6.45) is 2.71. The van der Waals surface area contributed by atoms with Crippen LogP contribution in [0.3, 0.4) is 0 Å². The largest absolute Gasteiger partial charge is 0.535 e. The molecule has 3 aromatic rings. The van der Waals surface area contributed by atoms with Crippen LogP contribution >= 0.6 is 0 Å². The van der Waals surface area contributed by atoms with Crippen molar-refractivity contribution in [3.05, 3.63) is 89.1 Å². The second-order valence-electron chi connectivity index (χ2n) is 8.06. The number of nitrogens with zero attached hydrogens (tertiary/aromatic N) is 1. The van der Waals surface area contributed by atoms with E-state index >= 15 is 0 Å². The standard InChI is InChI=1S/C24H23BN2O5/c26-22-6-1-2-11-27(22)15-17-9-7-16(8-10-17)12-20(28)14-19-13-18-4-3-5-21(24(29)30)23(18)32-25(19)31/h1-11,19,26,31H,12-15H2,(H,29,30)/p+1/t19-/m1/s1. The maximum atomic E-state index is 12.7. The summed E-state index contributed by atoms with van der Waals surface area (Å²) in [6, 6.07) is 18.3. The predicted octanol–water partition coefficient (Wildman–Crippen LogP) is 2.29. The van der Waals surface area contributed by atoms with Crippen LogP contribution in [0.25, 0.3) is 0 Å². The fourth-order valence-electron chi connectivity index (χ4n) is 4.01. The topological polar surface area (TPSA) is 114 Å². The fraction of sp³-hybridized carbons (Fsp3) is 0.208. The number of fused-ring (bicyclic) bond motifs is 1. The molecule has 0 spiro atoms. The number of nitrogens with two attached hydrogens (primary N) is 1. The van der Waals surface area contributed by atoms with Crippen molar-refractivity contribution < 1.29 is 28.9 Å². The number of rotatable bonds is 7. The molecule has 1 aliphatic rings. The first-order valence-electron chi connectivity index (χ1n) is 10.4. The highest BCUT2D eigenvalue weighted by molar-refractivity contribution is 6.47. The summed E-state index contributed by atoms with van der Waals surface area (Å²) in [6.45, 7) is 0.643. The smallest absolute Gasteiger partial charge is 0.526 e. The Kier molecular flexibility index (Phi) is 6.23. The lowest BCUT2D eigenvalue weighted by Crippen LogP contribution is -2.37. The van der Waals surface area contributed by atoms with Crippen LogP contribution in [-0.2, 0) is 24.2 Å². The number of carbonyl (C=O) groups excluding carboxylic acids is 1. The van der Waals surface area contributed by atoms with E-state index in [1.807, 2.05) is 53.2 Å². The highest BCUT2D eigenvalue weighted by atomic mass is 16.5. The molecule has 4 N–H and O–H groups in total. The molecule has 7 nitrogen and oxygen atoms in total. The van der Waals surface area contributed by atoms with Gasteiger partial charge in [0, 0.05) is 24.7 Å². The normalized spacial score (nSPS) is 15.0. The average molecular weight is 431 g/mol. The minimum Gasteiger partial charge on any atom is -0.535 e. The molecule has 0 radical (unpaired) electrons. The Morgan fingerprint density at radius 1 is 1.06 bits per heavy atom. The van der Waals surface area contributed by atoms with E-state index in [0.29, 0.717) is 24.3 Å². The summed E-state index contributed by atoms with van der Waals surface area (Å²) in [4.78, 5) is 24.0. The molecule has 0 unspecified atom stereocenters. The highest BCUT2D eigenvalue weighted by Gasteiger charge is 2.37. The molecule has 1 aliphatic heterocycles. The van der Waals surface area contributed by atoms with Crippen LogP contribution in [-0.4, -0.2) is 29.0 Å². The molecule has 0 saturated carbocycles. The molecule has 2 heterocycles. The minimum absolute atomic E-state index is 0.00934. The maximum Gasteiger partial charge on any atom is 0.526 e. The zero-order valence-electron chi connectivity index (χ0n) is 17.5. The molecule has 0 fully saturated rings. The molecule has 0 bridgehead atoms. The number of carbonyl (C=O) groups is 2. The molecule has 2 aromatic carbocycles. The third kappa shape index (κ3) is 4.81. The third-order valence-electron chi connectivity index (χ3n) is 5.69. The van der Waals surface area contributed by atoms with Crippen LogP contribution in [0.15, 0.2) is 66.9 Å². The Morgan fingerprint density at radius 3 is 2.53 bits per heavy atom. The van der Waals surface area contributed by atoms with E-state index in [2.05, 4.69) is 0 Å². The number of aromatic carboxylic acids is 1.